The monoisotopic (exact) mass is 488 g/mol. The highest BCUT2D eigenvalue weighted by Gasteiger charge is 2.22. The topological polar surface area (TPSA) is 25.8 Å². The summed E-state index contributed by atoms with van der Waals surface area (Å²) in [5, 5.41) is 0. The van der Waals surface area contributed by atoms with Crippen molar-refractivity contribution in [3.05, 3.63) is 59.6 Å². The van der Waals surface area contributed by atoms with Crippen LogP contribution in [0, 0.1) is 5.92 Å². The molecule has 0 amide bonds. The van der Waals surface area contributed by atoms with Crippen molar-refractivity contribution in [2.45, 2.75) is 136 Å². The summed E-state index contributed by atoms with van der Waals surface area (Å²) in [6.07, 6.45) is 28.5. The highest BCUT2D eigenvalue weighted by atomic mass is 14.8. The van der Waals surface area contributed by atoms with Gasteiger partial charge >= 0.3 is 0 Å². The molecule has 1 aliphatic rings. The van der Waals surface area contributed by atoms with Crippen molar-refractivity contribution in [3.63, 3.8) is 0 Å². The summed E-state index contributed by atoms with van der Waals surface area (Å²) in [6.45, 7) is 6.84. The summed E-state index contributed by atoms with van der Waals surface area (Å²) < 4.78 is 0. The average molecular weight is 489 g/mol. The number of benzene rings is 1. The van der Waals surface area contributed by atoms with Crippen LogP contribution in [0.15, 0.2) is 42.6 Å². The van der Waals surface area contributed by atoms with E-state index in [0.29, 0.717) is 5.92 Å². The molecule has 1 heterocycles. The van der Waals surface area contributed by atoms with Crippen LogP contribution >= 0.6 is 0 Å². The van der Waals surface area contributed by atoms with Crippen LogP contribution in [0.5, 0.6) is 0 Å². The van der Waals surface area contributed by atoms with Gasteiger partial charge in [0.25, 0.3) is 0 Å². The third kappa shape index (κ3) is 9.49. The third-order valence-electron chi connectivity index (χ3n) is 8.20. The first-order valence-electron chi connectivity index (χ1n) is 15.3. The van der Waals surface area contributed by atoms with Gasteiger partial charge in [0.15, 0.2) is 0 Å². The molecule has 0 bridgehead atoms. The standard InChI is InChI=1S/C34H52N2/c1-4-7-8-9-10-11-12-13-14-22-32-27-35-33(31-25-23-29(6-3)24-26-31)34(36-32)30-20-16-15-18-28(5-2)19-17-21-30/h8-9,23-28,30H,4-7,10-22H2,1-3H3. The van der Waals surface area contributed by atoms with Crippen molar-refractivity contribution < 1.29 is 0 Å². The summed E-state index contributed by atoms with van der Waals surface area (Å²) >= 11 is 0. The number of aryl methyl sites for hydroxylation is 2. The van der Waals surface area contributed by atoms with E-state index in [1.165, 1.54) is 119 Å². The molecule has 2 unspecified atom stereocenters. The lowest BCUT2D eigenvalue weighted by atomic mass is 9.89. The van der Waals surface area contributed by atoms with Crippen LogP contribution < -0.4 is 0 Å². The van der Waals surface area contributed by atoms with Crippen LogP contribution in [0.1, 0.15) is 140 Å². The molecule has 198 valence electrons. The molecule has 0 spiro atoms. The number of aromatic nitrogens is 2. The lowest BCUT2D eigenvalue weighted by Gasteiger charge is -2.20. The first-order chi connectivity index (χ1) is 17.7. The highest BCUT2D eigenvalue weighted by Crippen LogP contribution is 2.36. The maximum atomic E-state index is 5.35. The van der Waals surface area contributed by atoms with Gasteiger partial charge in [-0.2, -0.15) is 0 Å². The molecule has 3 rings (SSSR count). The Morgan fingerprint density at radius 2 is 1.53 bits per heavy atom. The van der Waals surface area contributed by atoms with Gasteiger partial charge in [-0.25, -0.2) is 0 Å². The number of rotatable bonds is 13. The average Bonchev–Trinajstić information content (AvgIpc) is 3.04. The van der Waals surface area contributed by atoms with E-state index in [4.69, 9.17) is 9.97 Å². The van der Waals surface area contributed by atoms with Gasteiger partial charge in [-0.15, -0.1) is 0 Å². The fourth-order valence-corrected chi connectivity index (χ4v) is 5.74. The Kier molecular flexibility index (Phi) is 13.3. The second-order valence-corrected chi connectivity index (χ2v) is 11.0. The Labute approximate surface area is 222 Å². The SMILES string of the molecule is CCCC=CCCCCCCc1cnc(-c2ccc(CC)cc2)c(C2CCCCC(CC)CCC2)n1. The maximum Gasteiger partial charge on any atom is 0.0920 e. The number of unbranched alkanes of at least 4 members (excludes halogenated alkanes) is 5. The van der Waals surface area contributed by atoms with Crippen LogP contribution in [0.25, 0.3) is 11.3 Å². The largest absolute Gasteiger partial charge is 0.254 e. The van der Waals surface area contributed by atoms with Crippen molar-refractivity contribution in [2.24, 2.45) is 5.92 Å². The Hall–Kier alpha value is -1.96. The van der Waals surface area contributed by atoms with Crippen LogP contribution in [-0.4, -0.2) is 9.97 Å². The second kappa shape index (κ2) is 16.7. The molecule has 0 aliphatic heterocycles. The van der Waals surface area contributed by atoms with Crippen molar-refractivity contribution in [1.29, 1.82) is 0 Å². The van der Waals surface area contributed by atoms with E-state index in [1.807, 2.05) is 0 Å². The fraction of sp³-hybridized carbons (Fsp3) is 0.647. The zero-order chi connectivity index (χ0) is 25.4. The molecular formula is C34H52N2. The van der Waals surface area contributed by atoms with Gasteiger partial charge in [0.05, 0.1) is 17.1 Å². The van der Waals surface area contributed by atoms with Crippen LogP contribution in [0.3, 0.4) is 0 Å². The van der Waals surface area contributed by atoms with Gasteiger partial charge in [0.2, 0.25) is 0 Å². The maximum absolute atomic E-state index is 5.35. The minimum atomic E-state index is 0.545. The molecule has 1 aromatic carbocycles. The van der Waals surface area contributed by atoms with Crippen LogP contribution in [0.2, 0.25) is 0 Å². The summed E-state index contributed by atoms with van der Waals surface area (Å²) in [7, 11) is 0. The quantitative estimate of drug-likeness (QED) is 0.207. The molecule has 1 aromatic heterocycles. The lowest BCUT2D eigenvalue weighted by Crippen LogP contribution is -2.09. The third-order valence-corrected chi connectivity index (χ3v) is 8.20. The zero-order valence-electron chi connectivity index (χ0n) is 23.6. The van der Waals surface area contributed by atoms with E-state index >= 15 is 0 Å². The van der Waals surface area contributed by atoms with E-state index in [0.717, 1.165) is 24.5 Å². The van der Waals surface area contributed by atoms with Gasteiger partial charge in [-0.3, -0.25) is 9.97 Å². The Bertz CT molecular complexity index is 883. The first-order valence-corrected chi connectivity index (χ1v) is 15.3. The van der Waals surface area contributed by atoms with Crippen molar-refractivity contribution >= 4 is 0 Å². The summed E-state index contributed by atoms with van der Waals surface area (Å²) in [4.78, 5) is 10.4. The van der Waals surface area contributed by atoms with Gasteiger partial charge in [-0.1, -0.05) is 115 Å². The minimum absolute atomic E-state index is 0.545. The van der Waals surface area contributed by atoms with Crippen LogP contribution in [-0.2, 0) is 12.8 Å². The smallest absolute Gasteiger partial charge is 0.0920 e. The number of hydrogen-bond donors (Lipinski definition) is 0. The molecule has 1 aliphatic carbocycles. The lowest BCUT2D eigenvalue weighted by molar-refractivity contribution is 0.414. The molecule has 1 fully saturated rings. The van der Waals surface area contributed by atoms with Crippen molar-refractivity contribution in [2.75, 3.05) is 0 Å². The van der Waals surface area contributed by atoms with Gasteiger partial charge < -0.3 is 0 Å². The first kappa shape index (κ1) is 28.6. The molecule has 0 radical (unpaired) electrons. The fourth-order valence-electron chi connectivity index (χ4n) is 5.74. The summed E-state index contributed by atoms with van der Waals surface area (Å²) in [5.41, 5.74) is 6.25. The predicted molar refractivity (Wildman–Crippen MR) is 157 cm³/mol. The summed E-state index contributed by atoms with van der Waals surface area (Å²) in [5.74, 6) is 1.47. The predicted octanol–water partition coefficient (Wildman–Crippen LogP) is 10.4. The van der Waals surface area contributed by atoms with E-state index in [2.05, 4.69) is 63.4 Å². The molecule has 2 atom stereocenters. The molecule has 0 N–H and O–H groups in total. The summed E-state index contributed by atoms with van der Waals surface area (Å²) in [6, 6.07) is 9.06. The molecule has 2 nitrogen and oxygen atoms in total. The van der Waals surface area contributed by atoms with Crippen molar-refractivity contribution in [3.8, 4) is 11.3 Å². The molecule has 2 aromatic rings. The van der Waals surface area contributed by atoms with Crippen LogP contribution in [0.4, 0.5) is 0 Å². The second-order valence-electron chi connectivity index (χ2n) is 11.0. The van der Waals surface area contributed by atoms with Crippen molar-refractivity contribution in [1.82, 2.24) is 9.97 Å². The van der Waals surface area contributed by atoms with Gasteiger partial charge in [-0.05, 0) is 62.8 Å². The van der Waals surface area contributed by atoms with Gasteiger partial charge in [0.1, 0.15) is 0 Å². The zero-order valence-corrected chi connectivity index (χ0v) is 23.6. The number of hydrogen-bond acceptors (Lipinski definition) is 2. The molecule has 2 heteroatoms. The normalized spacial score (nSPS) is 19.2. The molecule has 0 saturated heterocycles. The minimum Gasteiger partial charge on any atom is -0.254 e. The Balaban J connectivity index is 1.69. The number of nitrogens with zero attached hydrogens (tertiary/aromatic N) is 2. The molecular weight excluding hydrogens is 436 g/mol. The van der Waals surface area contributed by atoms with E-state index in [1.54, 1.807) is 0 Å². The Morgan fingerprint density at radius 1 is 0.806 bits per heavy atom. The molecule has 36 heavy (non-hydrogen) atoms. The highest BCUT2D eigenvalue weighted by molar-refractivity contribution is 5.62. The van der Waals surface area contributed by atoms with E-state index < -0.39 is 0 Å². The Morgan fingerprint density at radius 3 is 2.31 bits per heavy atom. The molecule has 1 saturated carbocycles. The van der Waals surface area contributed by atoms with E-state index in [-0.39, 0.29) is 0 Å². The van der Waals surface area contributed by atoms with Gasteiger partial charge in [0, 0.05) is 17.7 Å². The van der Waals surface area contributed by atoms with E-state index in [9.17, 15) is 0 Å². The number of allylic oxidation sites excluding steroid dienone is 2.